The molecule has 2 amide bonds. The number of hydrogen-bond acceptors (Lipinski definition) is 6. The molecule has 2 saturated heterocycles. The van der Waals surface area contributed by atoms with Crippen LogP contribution in [0.3, 0.4) is 0 Å². The van der Waals surface area contributed by atoms with E-state index in [-0.39, 0.29) is 43.3 Å². The number of ether oxygens (including phenoxy) is 2. The van der Waals surface area contributed by atoms with Gasteiger partial charge in [-0.25, -0.2) is 0 Å². The molecule has 2 aliphatic heterocycles. The standard InChI is InChI=1S/C27H32N4O5/c1-35-25(33)15-21-14-22(31(27(21)34)16-24(32)30-12-2-3-13-30)17-36-23-10-8-19(9-11-23)18-4-6-20(7-5-18)26(28)29/h4-11,21-22H,2-3,12-17H2,1H3,(H3,28,29)/t21-,22-/m0/s1. The van der Waals surface area contributed by atoms with Gasteiger partial charge in [-0.15, -0.1) is 0 Å². The quantitative estimate of drug-likeness (QED) is 0.315. The third-order valence-corrected chi connectivity index (χ3v) is 6.86. The lowest BCUT2D eigenvalue weighted by Gasteiger charge is -2.26. The van der Waals surface area contributed by atoms with Crippen LogP contribution in [0.15, 0.2) is 48.5 Å². The Morgan fingerprint density at radius 1 is 1.03 bits per heavy atom. The van der Waals surface area contributed by atoms with E-state index < -0.39 is 11.9 Å². The third-order valence-electron chi connectivity index (χ3n) is 6.86. The predicted octanol–water partition coefficient (Wildman–Crippen LogP) is 2.42. The fourth-order valence-electron chi connectivity index (χ4n) is 4.78. The van der Waals surface area contributed by atoms with Gasteiger partial charge in [0.1, 0.15) is 24.7 Å². The van der Waals surface area contributed by atoms with Crippen molar-refractivity contribution in [3.8, 4) is 16.9 Å². The molecule has 0 bridgehead atoms. The zero-order valence-electron chi connectivity index (χ0n) is 20.4. The van der Waals surface area contributed by atoms with Crippen LogP contribution >= 0.6 is 0 Å². The number of nitrogens with zero attached hydrogens (tertiary/aromatic N) is 2. The summed E-state index contributed by atoms with van der Waals surface area (Å²) in [5, 5.41) is 7.51. The van der Waals surface area contributed by atoms with E-state index >= 15 is 0 Å². The molecule has 36 heavy (non-hydrogen) atoms. The van der Waals surface area contributed by atoms with Crippen LogP contribution in [0.25, 0.3) is 11.1 Å². The average Bonchev–Trinajstić information content (AvgIpc) is 3.53. The molecule has 2 aromatic carbocycles. The molecule has 190 valence electrons. The first-order chi connectivity index (χ1) is 17.4. The summed E-state index contributed by atoms with van der Waals surface area (Å²) in [5.41, 5.74) is 8.17. The maximum absolute atomic E-state index is 13.1. The first-order valence-electron chi connectivity index (χ1n) is 12.2. The molecule has 0 unspecified atom stereocenters. The Morgan fingerprint density at radius 3 is 2.22 bits per heavy atom. The van der Waals surface area contributed by atoms with Gasteiger partial charge in [0.05, 0.1) is 25.5 Å². The molecule has 2 atom stereocenters. The average molecular weight is 493 g/mol. The highest BCUT2D eigenvalue weighted by atomic mass is 16.5. The van der Waals surface area contributed by atoms with Crippen molar-refractivity contribution in [3.05, 3.63) is 54.1 Å². The summed E-state index contributed by atoms with van der Waals surface area (Å²) in [5.74, 6) is -0.546. The maximum Gasteiger partial charge on any atom is 0.306 e. The van der Waals surface area contributed by atoms with Crippen LogP contribution in [0.2, 0.25) is 0 Å². The Morgan fingerprint density at radius 2 is 1.64 bits per heavy atom. The third kappa shape index (κ3) is 5.84. The number of methoxy groups -OCH3 is 1. The monoisotopic (exact) mass is 492 g/mol. The summed E-state index contributed by atoms with van der Waals surface area (Å²) in [6, 6.07) is 14.7. The Labute approximate surface area is 210 Å². The smallest absolute Gasteiger partial charge is 0.306 e. The van der Waals surface area contributed by atoms with Crippen LogP contribution in [-0.4, -0.2) is 72.8 Å². The fraction of sp³-hybridized carbons (Fsp3) is 0.407. The van der Waals surface area contributed by atoms with E-state index in [0.29, 0.717) is 17.7 Å². The molecule has 2 aromatic rings. The van der Waals surface area contributed by atoms with E-state index in [2.05, 4.69) is 0 Å². The highest BCUT2D eigenvalue weighted by Gasteiger charge is 2.42. The van der Waals surface area contributed by atoms with E-state index in [1.165, 1.54) is 7.11 Å². The van der Waals surface area contributed by atoms with Crippen LogP contribution in [0.4, 0.5) is 0 Å². The van der Waals surface area contributed by atoms with Crippen molar-refractivity contribution in [1.29, 1.82) is 5.41 Å². The second-order valence-corrected chi connectivity index (χ2v) is 9.25. The first kappa shape index (κ1) is 25.2. The molecular weight excluding hydrogens is 460 g/mol. The fourth-order valence-corrected chi connectivity index (χ4v) is 4.78. The molecule has 4 rings (SSSR count). The van der Waals surface area contributed by atoms with Gasteiger partial charge >= 0.3 is 5.97 Å². The van der Waals surface area contributed by atoms with Crippen LogP contribution in [0, 0.1) is 11.3 Å². The highest BCUT2D eigenvalue weighted by molar-refractivity contribution is 5.95. The van der Waals surface area contributed by atoms with Gasteiger partial charge in [0.15, 0.2) is 0 Å². The van der Waals surface area contributed by atoms with Gasteiger partial charge in [0, 0.05) is 18.7 Å². The number of carbonyl (C=O) groups excluding carboxylic acids is 3. The van der Waals surface area contributed by atoms with Crippen molar-refractivity contribution in [1.82, 2.24) is 9.80 Å². The van der Waals surface area contributed by atoms with Gasteiger partial charge in [-0.05, 0) is 42.5 Å². The Balaban J connectivity index is 1.41. The summed E-state index contributed by atoms with van der Waals surface area (Å²) in [6.45, 7) is 1.66. The number of rotatable bonds is 9. The molecule has 2 fully saturated rings. The maximum atomic E-state index is 13.1. The van der Waals surface area contributed by atoms with Crippen molar-refractivity contribution in [2.75, 3.05) is 33.4 Å². The number of benzene rings is 2. The Hall–Kier alpha value is -3.88. The molecule has 0 saturated carbocycles. The van der Waals surface area contributed by atoms with Crippen LogP contribution in [0.1, 0.15) is 31.2 Å². The van der Waals surface area contributed by atoms with Crippen molar-refractivity contribution in [3.63, 3.8) is 0 Å². The molecule has 0 aliphatic carbocycles. The van der Waals surface area contributed by atoms with Gasteiger partial charge in [-0.3, -0.25) is 19.8 Å². The number of nitrogens with one attached hydrogen (secondary N) is 1. The van der Waals surface area contributed by atoms with Gasteiger partial charge < -0.3 is 25.0 Å². The van der Waals surface area contributed by atoms with Crippen molar-refractivity contribution in [2.24, 2.45) is 11.7 Å². The molecule has 0 aromatic heterocycles. The molecule has 9 heteroatoms. The minimum absolute atomic E-state index is 0.000269. The van der Waals surface area contributed by atoms with Gasteiger partial charge in [0.25, 0.3) is 0 Å². The van der Waals surface area contributed by atoms with Gasteiger partial charge in [0.2, 0.25) is 11.8 Å². The van der Waals surface area contributed by atoms with E-state index in [4.69, 9.17) is 20.6 Å². The lowest BCUT2D eigenvalue weighted by atomic mass is 10.0. The molecule has 9 nitrogen and oxygen atoms in total. The summed E-state index contributed by atoms with van der Waals surface area (Å²) >= 11 is 0. The number of nitrogens with two attached hydrogens (primary N) is 1. The predicted molar refractivity (Wildman–Crippen MR) is 134 cm³/mol. The number of likely N-dealkylation sites (tertiary alicyclic amines) is 2. The van der Waals surface area contributed by atoms with Gasteiger partial charge in [-0.2, -0.15) is 0 Å². The van der Waals surface area contributed by atoms with Crippen molar-refractivity contribution in [2.45, 2.75) is 31.7 Å². The van der Waals surface area contributed by atoms with Crippen LogP contribution < -0.4 is 10.5 Å². The van der Waals surface area contributed by atoms with E-state index in [9.17, 15) is 14.4 Å². The highest BCUT2D eigenvalue weighted by Crippen LogP contribution is 2.29. The van der Waals surface area contributed by atoms with Crippen LogP contribution in [-0.2, 0) is 19.1 Å². The number of amides is 2. The van der Waals surface area contributed by atoms with Crippen molar-refractivity contribution >= 4 is 23.6 Å². The minimum atomic E-state index is -0.516. The Kier molecular flexibility index (Phi) is 7.87. The summed E-state index contributed by atoms with van der Waals surface area (Å²) in [4.78, 5) is 41.0. The minimum Gasteiger partial charge on any atom is -0.491 e. The second kappa shape index (κ2) is 11.2. The second-order valence-electron chi connectivity index (χ2n) is 9.25. The van der Waals surface area contributed by atoms with Crippen molar-refractivity contribution < 1.29 is 23.9 Å². The zero-order valence-corrected chi connectivity index (χ0v) is 20.4. The largest absolute Gasteiger partial charge is 0.491 e. The molecule has 0 radical (unpaired) electrons. The Bertz CT molecular complexity index is 1110. The molecule has 0 spiro atoms. The number of carbonyl (C=O) groups is 3. The lowest BCUT2D eigenvalue weighted by molar-refractivity contribution is -0.145. The first-order valence-corrected chi connectivity index (χ1v) is 12.2. The lowest BCUT2D eigenvalue weighted by Crippen LogP contribution is -2.45. The number of hydrogen-bond donors (Lipinski definition) is 2. The molecule has 3 N–H and O–H groups in total. The SMILES string of the molecule is COC(=O)C[C@@H]1C[C@@H](COc2ccc(-c3ccc(C(=N)N)cc3)cc2)N(CC(=O)N2CCCC2)C1=O. The van der Waals surface area contributed by atoms with E-state index in [1.807, 2.05) is 48.5 Å². The van der Waals surface area contributed by atoms with Crippen LogP contribution in [0.5, 0.6) is 5.75 Å². The van der Waals surface area contributed by atoms with E-state index in [0.717, 1.165) is 37.1 Å². The number of esters is 1. The van der Waals surface area contributed by atoms with E-state index in [1.54, 1.807) is 9.80 Å². The topological polar surface area (TPSA) is 126 Å². The zero-order chi connectivity index (χ0) is 25.7. The summed E-state index contributed by atoms with van der Waals surface area (Å²) in [7, 11) is 1.30. The molecule has 2 aliphatic rings. The number of nitrogen functional groups attached to an aromatic ring is 1. The van der Waals surface area contributed by atoms with Gasteiger partial charge in [-0.1, -0.05) is 36.4 Å². The molecular formula is C27H32N4O5. The summed E-state index contributed by atoms with van der Waals surface area (Å²) in [6.07, 6.45) is 2.39. The summed E-state index contributed by atoms with van der Waals surface area (Å²) < 4.78 is 10.8. The molecule has 2 heterocycles. The normalized spacial score (nSPS) is 19.4. The number of amidine groups is 1.